The van der Waals surface area contributed by atoms with Gasteiger partial charge in [-0.1, -0.05) is 22.9 Å². The number of halogens is 1. The van der Waals surface area contributed by atoms with Crippen LogP contribution in [0.3, 0.4) is 0 Å². The van der Waals surface area contributed by atoms with Crippen molar-refractivity contribution < 1.29 is 4.42 Å². The van der Waals surface area contributed by atoms with Gasteiger partial charge in [0.15, 0.2) is 0 Å². The maximum atomic E-state index is 5.64. The van der Waals surface area contributed by atoms with Crippen molar-refractivity contribution >= 4 is 26.9 Å². The summed E-state index contributed by atoms with van der Waals surface area (Å²) in [7, 11) is 0. The topological polar surface area (TPSA) is 13.1 Å². The summed E-state index contributed by atoms with van der Waals surface area (Å²) in [6, 6.07) is 8.20. The lowest BCUT2D eigenvalue weighted by atomic mass is 10.2. The van der Waals surface area contributed by atoms with Crippen LogP contribution in [0.4, 0.5) is 0 Å². The molecule has 0 unspecified atom stereocenters. The number of fused-ring (bicyclic) bond motifs is 1. The first-order valence-electron chi connectivity index (χ1n) is 4.47. The highest BCUT2D eigenvalue weighted by Crippen LogP contribution is 2.23. The van der Waals surface area contributed by atoms with E-state index >= 15 is 0 Å². The first kappa shape index (κ1) is 8.82. The molecular weight excluding hydrogens is 228 g/mol. The summed E-state index contributed by atoms with van der Waals surface area (Å²) in [5.74, 6) is 1.08. The maximum Gasteiger partial charge on any atom is 0.134 e. The van der Waals surface area contributed by atoms with Crippen LogP contribution in [-0.2, 0) is 6.42 Å². The molecule has 0 atom stereocenters. The van der Waals surface area contributed by atoms with Gasteiger partial charge in [-0.2, -0.15) is 0 Å². The monoisotopic (exact) mass is 238 g/mol. The van der Waals surface area contributed by atoms with Crippen molar-refractivity contribution in [1.82, 2.24) is 0 Å². The molecule has 2 aromatic rings. The van der Waals surface area contributed by atoms with Gasteiger partial charge in [-0.15, -0.1) is 0 Å². The van der Waals surface area contributed by atoms with Crippen molar-refractivity contribution in [2.45, 2.75) is 19.8 Å². The molecule has 0 aliphatic rings. The molecule has 0 radical (unpaired) electrons. The van der Waals surface area contributed by atoms with Gasteiger partial charge in [0.1, 0.15) is 11.3 Å². The van der Waals surface area contributed by atoms with Crippen LogP contribution in [0, 0.1) is 0 Å². The molecule has 0 saturated carbocycles. The average molecular weight is 239 g/mol. The summed E-state index contributed by atoms with van der Waals surface area (Å²) in [4.78, 5) is 0. The van der Waals surface area contributed by atoms with Gasteiger partial charge >= 0.3 is 0 Å². The van der Waals surface area contributed by atoms with Gasteiger partial charge in [0.25, 0.3) is 0 Å². The molecule has 13 heavy (non-hydrogen) atoms. The summed E-state index contributed by atoms with van der Waals surface area (Å²) >= 11 is 3.44. The van der Waals surface area contributed by atoms with E-state index < -0.39 is 0 Å². The number of hydrogen-bond donors (Lipinski definition) is 0. The average Bonchev–Trinajstić information content (AvgIpc) is 2.46. The molecule has 2 rings (SSSR count). The molecule has 0 amide bonds. The van der Waals surface area contributed by atoms with E-state index in [1.807, 2.05) is 12.1 Å². The van der Waals surface area contributed by atoms with Crippen LogP contribution in [0.2, 0.25) is 0 Å². The Morgan fingerprint density at radius 3 is 2.92 bits per heavy atom. The normalized spacial score (nSPS) is 10.9. The van der Waals surface area contributed by atoms with Crippen LogP contribution in [0.1, 0.15) is 19.1 Å². The van der Waals surface area contributed by atoms with Crippen molar-refractivity contribution in [3.63, 3.8) is 0 Å². The lowest BCUT2D eigenvalue weighted by Crippen LogP contribution is -1.74. The minimum atomic E-state index is 0.978. The minimum absolute atomic E-state index is 0.978. The second kappa shape index (κ2) is 3.54. The molecule has 1 nitrogen and oxygen atoms in total. The molecule has 0 N–H and O–H groups in total. The quantitative estimate of drug-likeness (QED) is 0.767. The van der Waals surface area contributed by atoms with Crippen LogP contribution < -0.4 is 0 Å². The van der Waals surface area contributed by atoms with E-state index in [0.717, 1.165) is 28.7 Å². The molecule has 0 aliphatic heterocycles. The van der Waals surface area contributed by atoms with Crippen LogP contribution in [0.5, 0.6) is 0 Å². The zero-order chi connectivity index (χ0) is 9.26. The summed E-state index contributed by atoms with van der Waals surface area (Å²) in [5, 5.41) is 1.18. The number of furan rings is 1. The summed E-state index contributed by atoms with van der Waals surface area (Å²) in [6.45, 7) is 2.16. The molecule has 0 bridgehead atoms. The van der Waals surface area contributed by atoms with Gasteiger partial charge in [-0.3, -0.25) is 0 Å². The second-order valence-electron chi connectivity index (χ2n) is 3.14. The third-order valence-corrected chi connectivity index (χ3v) is 2.52. The third-order valence-electron chi connectivity index (χ3n) is 2.03. The first-order chi connectivity index (χ1) is 6.29. The smallest absolute Gasteiger partial charge is 0.134 e. The zero-order valence-corrected chi connectivity index (χ0v) is 9.10. The summed E-state index contributed by atoms with van der Waals surface area (Å²) in [5.41, 5.74) is 0.978. The van der Waals surface area contributed by atoms with E-state index in [1.165, 1.54) is 5.39 Å². The number of aryl methyl sites for hydroxylation is 1. The number of benzene rings is 1. The predicted molar refractivity (Wildman–Crippen MR) is 57.9 cm³/mol. The Kier molecular flexibility index (Phi) is 2.40. The van der Waals surface area contributed by atoms with E-state index in [1.54, 1.807) is 0 Å². The standard InChI is InChI=1S/C11H11BrO/c1-2-3-10-7-8-6-9(12)4-5-11(8)13-10/h4-7H,2-3H2,1H3. The fourth-order valence-corrected chi connectivity index (χ4v) is 1.82. The molecule has 68 valence electrons. The summed E-state index contributed by atoms with van der Waals surface area (Å²) < 4.78 is 6.74. The van der Waals surface area contributed by atoms with Crippen molar-refractivity contribution in [3.8, 4) is 0 Å². The molecule has 0 saturated heterocycles. The van der Waals surface area contributed by atoms with E-state index in [2.05, 4.69) is 35.0 Å². The van der Waals surface area contributed by atoms with E-state index in [4.69, 9.17) is 4.42 Å². The Balaban J connectivity index is 2.49. The zero-order valence-electron chi connectivity index (χ0n) is 7.51. The van der Waals surface area contributed by atoms with Crippen LogP contribution in [0.25, 0.3) is 11.0 Å². The molecular formula is C11H11BrO. The van der Waals surface area contributed by atoms with Crippen molar-refractivity contribution in [1.29, 1.82) is 0 Å². The highest BCUT2D eigenvalue weighted by Gasteiger charge is 2.02. The highest BCUT2D eigenvalue weighted by atomic mass is 79.9. The van der Waals surface area contributed by atoms with Crippen molar-refractivity contribution in [2.24, 2.45) is 0 Å². The SMILES string of the molecule is CCCc1cc2cc(Br)ccc2o1. The van der Waals surface area contributed by atoms with Crippen molar-refractivity contribution in [3.05, 3.63) is 34.5 Å². The fraction of sp³-hybridized carbons (Fsp3) is 0.273. The number of hydrogen-bond acceptors (Lipinski definition) is 1. The molecule has 1 aromatic carbocycles. The highest BCUT2D eigenvalue weighted by molar-refractivity contribution is 9.10. The van der Waals surface area contributed by atoms with Crippen LogP contribution in [0.15, 0.2) is 33.2 Å². The molecule has 0 aliphatic carbocycles. The van der Waals surface area contributed by atoms with Crippen molar-refractivity contribution in [2.75, 3.05) is 0 Å². The molecule has 0 fully saturated rings. The Bertz CT molecular complexity index is 417. The predicted octanol–water partition coefficient (Wildman–Crippen LogP) is 4.15. The molecule has 1 aromatic heterocycles. The van der Waals surface area contributed by atoms with Crippen LogP contribution in [-0.4, -0.2) is 0 Å². The summed E-state index contributed by atoms with van der Waals surface area (Å²) in [6.07, 6.45) is 2.15. The molecule has 2 heteroatoms. The molecule has 0 spiro atoms. The Hall–Kier alpha value is -0.760. The Labute approximate surface area is 85.9 Å². The minimum Gasteiger partial charge on any atom is -0.461 e. The Morgan fingerprint density at radius 2 is 2.15 bits per heavy atom. The van der Waals surface area contributed by atoms with Gasteiger partial charge in [-0.25, -0.2) is 0 Å². The van der Waals surface area contributed by atoms with E-state index in [-0.39, 0.29) is 0 Å². The molecule has 1 heterocycles. The van der Waals surface area contributed by atoms with E-state index in [9.17, 15) is 0 Å². The maximum absolute atomic E-state index is 5.64. The lowest BCUT2D eigenvalue weighted by molar-refractivity contribution is 0.544. The van der Waals surface area contributed by atoms with E-state index in [0.29, 0.717) is 0 Å². The first-order valence-corrected chi connectivity index (χ1v) is 5.27. The van der Waals surface area contributed by atoms with Gasteiger partial charge in [0.05, 0.1) is 0 Å². The Morgan fingerprint density at radius 1 is 1.31 bits per heavy atom. The van der Waals surface area contributed by atoms with Gasteiger partial charge in [0.2, 0.25) is 0 Å². The third kappa shape index (κ3) is 1.78. The number of rotatable bonds is 2. The van der Waals surface area contributed by atoms with Gasteiger partial charge in [-0.05, 0) is 30.7 Å². The van der Waals surface area contributed by atoms with Gasteiger partial charge < -0.3 is 4.42 Å². The fourth-order valence-electron chi connectivity index (χ4n) is 1.44. The second-order valence-corrected chi connectivity index (χ2v) is 4.06. The lowest BCUT2D eigenvalue weighted by Gasteiger charge is -1.88. The van der Waals surface area contributed by atoms with Crippen LogP contribution >= 0.6 is 15.9 Å². The largest absolute Gasteiger partial charge is 0.461 e. The van der Waals surface area contributed by atoms with Gasteiger partial charge in [0, 0.05) is 16.3 Å².